The highest BCUT2D eigenvalue weighted by atomic mass is 16.6. The van der Waals surface area contributed by atoms with Crippen molar-refractivity contribution < 1.29 is 19.1 Å². The molecule has 1 atom stereocenters. The fourth-order valence-corrected chi connectivity index (χ4v) is 3.25. The van der Waals surface area contributed by atoms with Gasteiger partial charge in [-0.3, -0.25) is 4.79 Å². The van der Waals surface area contributed by atoms with E-state index < -0.39 is 0 Å². The second-order valence-electron chi connectivity index (χ2n) is 6.79. The first kappa shape index (κ1) is 18.4. The van der Waals surface area contributed by atoms with Crippen LogP contribution in [0, 0.1) is 0 Å². The van der Waals surface area contributed by atoms with Crippen molar-refractivity contribution in [2.75, 3.05) is 19.7 Å². The van der Waals surface area contributed by atoms with Crippen LogP contribution in [-0.2, 0) is 4.79 Å². The Hall–Kier alpha value is -2.44. The first-order chi connectivity index (χ1) is 12.7. The van der Waals surface area contributed by atoms with Crippen LogP contribution in [0.3, 0.4) is 0 Å². The lowest BCUT2D eigenvalue weighted by Gasteiger charge is -2.26. The van der Waals surface area contributed by atoms with E-state index in [1.807, 2.05) is 24.3 Å². The Morgan fingerprint density at radius 3 is 2.62 bits per heavy atom. The minimum Gasteiger partial charge on any atom is -0.486 e. The maximum absolute atomic E-state index is 11.9. The highest BCUT2D eigenvalue weighted by molar-refractivity contribution is 5.78. The standard InChI is InChI=1S/C19H27N3O4/c23-18(10-11-20-19(24)22-14-6-2-1-3-7-14)21-12-15-13-25-16-8-4-5-9-17(16)26-15/h4-5,8-9,14-15H,1-3,6-7,10-13H2,(H,21,23)(H2,20,22,24)/t15-/m1/s1. The summed E-state index contributed by atoms with van der Waals surface area (Å²) in [5.74, 6) is 1.30. The van der Waals surface area contributed by atoms with Gasteiger partial charge in [0.05, 0.1) is 6.54 Å². The van der Waals surface area contributed by atoms with E-state index in [2.05, 4.69) is 16.0 Å². The fraction of sp³-hybridized carbons (Fsp3) is 0.579. The highest BCUT2D eigenvalue weighted by Gasteiger charge is 2.21. The number of hydrogen-bond donors (Lipinski definition) is 3. The van der Waals surface area contributed by atoms with Crippen molar-refractivity contribution in [3.05, 3.63) is 24.3 Å². The van der Waals surface area contributed by atoms with Crippen LogP contribution in [0.15, 0.2) is 24.3 Å². The zero-order valence-corrected chi connectivity index (χ0v) is 15.0. The summed E-state index contributed by atoms with van der Waals surface area (Å²) in [6.07, 6.45) is 5.71. The molecule has 1 aliphatic carbocycles. The van der Waals surface area contributed by atoms with E-state index >= 15 is 0 Å². The molecule has 0 spiro atoms. The molecule has 3 N–H and O–H groups in total. The second-order valence-corrected chi connectivity index (χ2v) is 6.79. The number of nitrogens with one attached hydrogen (secondary N) is 3. The van der Waals surface area contributed by atoms with E-state index in [-0.39, 0.29) is 30.5 Å². The first-order valence-electron chi connectivity index (χ1n) is 9.40. The number of para-hydroxylation sites is 2. The summed E-state index contributed by atoms with van der Waals surface area (Å²) in [5, 5.41) is 8.54. The molecule has 3 amide bonds. The van der Waals surface area contributed by atoms with Crippen LogP contribution in [0.4, 0.5) is 4.79 Å². The minimum absolute atomic E-state index is 0.120. The smallest absolute Gasteiger partial charge is 0.315 e. The van der Waals surface area contributed by atoms with Crippen molar-refractivity contribution in [2.45, 2.75) is 50.7 Å². The molecule has 7 nitrogen and oxygen atoms in total. The zero-order chi connectivity index (χ0) is 18.2. The van der Waals surface area contributed by atoms with Crippen molar-refractivity contribution in [1.82, 2.24) is 16.0 Å². The van der Waals surface area contributed by atoms with Gasteiger partial charge in [0.2, 0.25) is 5.91 Å². The molecule has 3 rings (SSSR count). The first-order valence-corrected chi connectivity index (χ1v) is 9.40. The molecule has 0 saturated heterocycles. The van der Waals surface area contributed by atoms with E-state index in [0.29, 0.717) is 25.4 Å². The predicted octanol–water partition coefficient (Wildman–Crippen LogP) is 1.96. The summed E-state index contributed by atoms with van der Waals surface area (Å²) in [7, 11) is 0. The summed E-state index contributed by atoms with van der Waals surface area (Å²) in [4.78, 5) is 23.7. The molecule has 2 aliphatic rings. The van der Waals surface area contributed by atoms with E-state index in [1.165, 1.54) is 19.3 Å². The summed E-state index contributed by atoms with van der Waals surface area (Å²) >= 11 is 0. The van der Waals surface area contributed by atoms with E-state index in [9.17, 15) is 9.59 Å². The molecule has 1 heterocycles. The third-order valence-corrected chi connectivity index (χ3v) is 4.67. The van der Waals surface area contributed by atoms with Crippen molar-refractivity contribution in [3.63, 3.8) is 0 Å². The maximum Gasteiger partial charge on any atom is 0.315 e. The maximum atomic E-state index is 11.9. The van der Waals surface area contributed by atoms with Gasteiger partial charge in [0.25, 0.3) is 0 Å². The van der Waals surface area contributed by atoms with Crippen molar-refractivity contribution in [1.29, 1.82) is 0 Å². The molecule has 0 aromatic heterocycles. The third kappa shape index (κ3) is 5.54. The quantitative estimate of drug-likeness (QED) is 0.723. The minimum atomic E-state index is -0.212. The van der Waals surface area contributed by atoms with Gasteiger partial charge in [0.1, 0.15) is 12.7 Å². The predicted molar refractivity (Wildman–Crippen MR) is 97.4 cm³/mol. The number of amides is 3. The number of fused-ring (bicyclic) bond motifs is 1. The van der Waals surface area contributed by atoms with Crippen LogP contribution < -0.4 is 25.4 Å². The van der Waals surface area contributed by atoms with Gasteiger partial charge >= 0.3 is 6.03 Å². The topological polar surface area (TPSA) is 88.7 Å². The lowest BCUT2D eigenvalue weighted by molar-refractivity contribution is -0.121. The molecule has 0 bridgehead atoms. The Labute approximate surface area is 153 Å². The Bertz CT molecular complexity index is 617. The van der Waals surface area contributed by atoms with Crippen LogP contribution in [-0.4, -0.2) is 43.8 Å². The van der Waals surface area contributed by atoms with Gasteiger partial charge in [-0.25, -0.2) is 4.79 Å². The Kier molecular flexibility index (Phi) is 6.57. The molecule has 142 valence electrons. The van der Waals surface area contributed by atoms with Gasteiger partial charge < -0.3 is 25.4 Å². The molecule has 1 saturated carbocycles. The fourth-order valence-electron chi connectivity index (χ4n) is 3.25. The molecular weight excluding hydrogens is 334 g/mol. The van der Waals surface area contributed by atoms with Crippen LogP contribution in [0.5, 0.6) is 11.5 Å². The normalized spacial score (nSPS) is 19.5. The second kappa shape index (κ2) is 9.31. The molecule has 1 aromatic rings. The number of ether oxygens (including phenoxy) is 2. The monoisotopic (exact) mass is 361 g/mol. The van der Waals surface area contributed by atoms with E-state index in [4.69, 9.17) is 9.47 Å². The Morgan fingerprint density at radius 1 is 1.04 bits per heavy atom. The van der Waals surface area contributed by atoms with Gasteiger partial charge in [-0.05, 0) is 25.0 Å². The number of urea groups is 1. The average molecular weight is 361 g/mol. The lowest BCUT2D eigenvalue weighted by atomic mass is 9.96. The molecule has 1 aromatic carbocycles. The molecular formula is C19H27N3O4. The number of carbonyl (C=O) groups excluding carboxylic acids is 2. The Balaban J connectivity index is 1.28. The number of benzene rings is 1. The molecule has 1 aliphatic heterocycles. The van der Waals surface area contributed by atoms with Crippen LogP contribution in [0.1, 0.15) is 38.5 Å². The van der Waals surface area contributed by atoms with Crippen LogP contribution in [0.2, 0.25) is 0 Å². The van der Waals surface area contributed by atoms with E-state index in [1.54, 1.807) is 0 Å². The zero-order valence-electron chi connectivity index (χ0n) is 15.0. The number of hydrogen-bond acceptors (Lipinski definition) is 4. The number of rotatable bonds is 6. The molecule has 7 heteroatoms. The van der Waals surface area contributed by atoms with Crippen molar-refractivity contribution in [3.8, 4) is 11.5 Å². The van der Waals surface area contributed by atoms with Gasteiger partial charge in [0, 0.05) is 19.0 Å². The van der Waals surface area contributed by atoms with E-state index in [0.717, 1.165) is 18.6 Å². The molecule has 26 heavy (non-hydrogen) atoms. The summed E-state index contributed by atoms with van der Waals surface area (Å²) in [6, 6.07) is 7.55. The van der Waals surface area contributed by atoms with Gasteiger partial charge in [-0.2, -0.15) is 0 Å². The summed E-state index contributed by atoms with van der Waals surface area (Å²) in [5.41, 5.74) is 0. The molecule has 0 radical (unpaired) electrons. The van der Waals surface area contributed by atoms with Crippen molar-refractivity contribution >= 4 is 11.9 Å². The van der Waals surface area contributed by atoms with Gasteiger partial charge in [-0.1, -0.05) is 31.4 Å². The largest absolute Gasteiger partial charge is 0.486 e. The summed E-state index contributed by atoms with van der Waals surface area (Å²) < 4.78 is 11.4. The average Bonchev–Trinajstić information content (AvgIpc) is 2.67. The SMILES string of the molecule is O=C(CCNC(=O)NC1CCCCC1)NC[C@@H]1COc2ccccc2O1. The van der Waals surface area contributed by atoms with Gasteiger partial charge in [0.15, 0.2) is 11.5 Å². The van der Waals surface area contributed by atoms with Gasteiger partial charge in [-0.15, -0.1) is 0 Å². The third-order valence-electron chi connectivity index (χ3n) is 4.67. The summed E-state index contributed by atoms with van der Waals surface area (Å²) in [6.45, 7) is 1.09. The van der Waals surface area contributed by atoms with Crippen molar-refractivity contribution in [2.24, 2.45) is 0 Å². The Morgan fingerprint density at radius 2 is 1.81 bits per heavy atom. The molecule has 0 unspecified atom stereocenters. The number of carbonyl (C=O) groups is 2. The van der Waals surface area contributed by atoms with Crippen LogP contribution in [0.25, 0.3) is 0 Å². The molecule has 1 fully saturated rings. The van der Waals surface area contributed by atoms with Crippen LogP contribution >= 0.6 is 0 Å². The lowest BCUT2D eigenvalue weighted by Crippen LogP contribution is -2.44. The highest BCUT2D eigenvalue weighted by Crippen LogP contribution is 2.30.